The number of H-pyrrole nitrogens is 1. The predicted octanol–water partition coefficient (Wildman–Crippen LogP) is 4.89. The number of benzene rings is 2. The number of aryl methyl sites for hydroxylation is 1. The lowest BCUT2D eigenvalue weighted by molar-refractivity contribution is -0.117. The molecule has 0 spiro atoms. The molecule has 2 atom stereocenters. The van der Waals surface area contributed by atoms with E-state index in [-0.39, 0.29) is 29.6 Å². The van der Waals surface area contributed by atoms with Crippen LogP contribution in [0, 0.1) is 19.7 Å². The Hall–Kier alpha value is -3.94. The Balaban J connectivity index is 1.54. The largest absolute Gasteiger partial charge is 0.360 e. The molecular weight excluding hydrogens is 447 g/mol. The molecule has 7 nitrogen and oxygen atoms in total. The molecule has 182 valence electrons. The maximum absolute atomic E-state index is 13.2. The molecule has 0 bridgehead atoms. The highest BCUT2D eigenvalue weighted by molar-refractivity contribution is 6.05. The topological polar surface area (TPSA) is 103 Å². The summed E-state index contributed by atoms with van der Waals surface area (Å²) in [6.45, 7) is 7.42. The highest BCUT2D eigenvalue weighted by Crippen LogP contribution is 2.37. The third kappa shape index (κ3) is 4.96. The van der Waals surface area contributed by atoms with E-state index in [2.05, 4.69) is 20.9 Å². The Morgan fingerprint density at radius 1 is 1.11 bits per heavy atom. The van der Waals surface area contributed by atoms with Crippen molar-refractivity contribution in [2.45, 2.75) is 52.5 Å². The normalized spacial score (nSPS) is 15.3. The van der Waals surface area contributed by atoms with Crippen molar-refractivity contribution in [2.24, 2.45) is 0 Å². The molecule has 1 aromatic heterocycles. The molecule has 1 aliphatic rings. The van der Waals surface area contributed by atoms with E-state index in [9.17, 15) is 18.8 Å². The summed E-state index contributed by atoms with van der Waals surface area (Å²) >= 11 is 0. The second kappa shape index (κ2) is 9.74. The van der Waals surface area contributed by atoms with Crippen LogP contribution in [0.25, 0.3) is 0 Å². The molecule has 0 saturated carbocycles. The minimum absolute atomic E-state index is 0.0729. The van der Waals surface area contributed by atoms with E-state index in [1.165, 1.54) is 12.1 Å². The first-order valence-corrected chi connectivity index (χ1v) is 11.7. The zero-order valence-electron chi connectivity index (χ0n) is 20.2. The Labute approximate surface area is 203 Å². The highest BCUT2D eigenvalue weighted by Gasteiger charge is 2.32. The lowest BCUT2D eigenvalue weighted by Gasteiger charge is -2.15. The number of rotatable bonds is 7. The molecule has 2 heterocycles. The maximum Gasteiger partial charge on any atom is 0.251 e. The number of aromatic nitrogens is 1. The van der Waals surface area contributed by atoms with Crippen LogP contribution < -0.4 is 16.0 Å². The van der Waals surface area contributed by atoms with Gasteiger partial charge in [0, 0.05) is 35.5 Å². The van der Waals surface area contributed by atoms with Crippen LogP contribution in [0.5, 0.6) is 0 Å². The van der Waals surface area contributed by atoms with Gasteiger partial charge in [-0.2, -0.15) is 0 Å². The molecule has 3 amide bonds. The van der Waals surface area contributed by atoms with Gasteiger partial charge in [-0.05, 0) is 67.8 Å². The van der Waals surface area contributed by atoms with Crippen LogP contribution >= 0.6 is 0 Å². The summed E-state index contributed by atoms with van der Waals surface area (Å²) in [4.78, 5) is 40.9. The van der Waals surface area contributed by atoms with Crippen LogP contribution in [0.15, 0.2) is 42.5 Å². The Bertz CT molecular complexity index is 1300. The summed E-state index contributed by atoms with van der Waals surface area (Å²) in [6.07, 6.45) is 0.785. The lowest BCUT2D eigenvalue weighted by Crippen LogP contribution is -2.26. The van der Waals surface area contributed by atoms with Crippen molar-refractivity contribution in [1.29, 1.82) is 0 Å². The third-order valence-electron chi connectivity index (χ3n) is 6.52. The number of nitrogens with one attached hydrogen (secondary N) is 4. The van der Waals surface area contributed by atoms with Crippen molar-refractivity contribution in [3.8, 4) is 0 Å². The van der Waals surface area contributed by atoms with Gasteiger partial charge in [0.05, 0.1) is 17.6 Å². The average Bonchev–Trinajstić information content (AvgIpc) is 3.29. The second-order valence-corrected chi connectivity index (χ2v) is 8.92. The number of hydrogen-bond donors (Lipinski definition) is 4. The maximum atomic E-state index is 13.2. The van der Waals surface area contributed by atoms with Crippen molar-refractivity contribution in [3.05, 3.63) is 81.9 Å². The monoisotopic (exact) mass is 476 g/mol. The smallest absolute Gasteiger partial charge is 0.251 e. The van der Waals surface area contributed by atoms with E-state index in [0.29, 0.717) is 24.1 Å². The second-order valence-electron chi connectivity index (χ2n) is 8.92. The molecule has 3 aromatic rings. The standard InChI is InChI=1S/C27H29FN4O3/c1-5-24(33)32-25-14(2)23(29-16(25)4)13-21-20-12-18(8-11-22(20)31-27(21)35)26(34)30-15(3)17-6-9-19(28)10-7-17/h6-12,15,21,29H,5,13H2,1-4H3,(H,30,34)(H,31,35)(H,32,33). The van der Waals surface area contributed by atoms with Crippen molar-refractivity contribution in [3.63, 3.8) is 0 Å². The minimum Gasteiger partial charge on any atom is -0.360 e. The van der Waals surface area contributed by atoms with Gasteiger partial charge < -0.3 is 20.9 Å². The number of carbonyl (C=O) groups is 3. The van der Waals surface area contributed by atoms with Gasteiger partial charge in [0.15, 0.2) is 0 Å². The van der Waals surface area contributed by atoms with Gasteiger partial charge in [-0.15, -0.1) is 0 Å². The quantitative estimate of drug-likeness (QED) is 0.390. The first kappa shape index (κ1) is 24.2. The molecule has 8 heteroatoms. The van der Waals surface area contributed by atoms with E-state index < -0.39 is 5.92 Å². The van der Waals surface area contributed by atoms with Gasteiger partial charge in [-0.1, -0.05) is 19.1 Å². The molecule has 0 radical (unpaired) electrons. The molecule has 2 aromatic carbocycles. The van der Waals surface area contributed by atoms with Crippen molar-refractivity contribution in [1.82, 2.24) is 10.3 Å². The van der Waals surface area contributed by atoms with Gasteiger partial charge in [-0.3, -0.25) is 14.4 Å². The molecule has 0 fully saturated rings. The van der Waals surface area contributed by atoms with E-state index in [1.54, 1.807) is 37.3 Å². The van der Waals surface area contributed by atoms with Gasteiger partial charge in [0.1, 0.15) is 5.82 Å². The number of amides is 3. The Kier molecular flexibility index (Phi) is 6.73. The van der Waals surface area contributed by atoms with Crippen molar-refractivity contribution >= 4 is 29.1 Å². The SMILES string of the molecule is CCC(=O)Nc1c(C)[nH]c(CC2C(=O)Nc3ccc(C(=O)NC(C)c4ccc(F)cc4)cc32)c1C. The Morgan fingerprint density at radius 2 is 1.83 bits per heavy atom. The zero-order chi connectivity index (χ0) is 25.3. The van der Waals surface area contributed by atoms with Gasteiger partial charge >= 0.3 is 0 Å². The third-order valence-corrected chi connectivity index (χ3v) is 6.52. The molecule has 0 saturated heterocycles. The lowest BCUT2D eigenvalue weighted by atomic mass is 9.93. The van der Waals surface area contributed by atoms with Crippen LogP contribution in [-0.4, -0.2) is 22.7 Å². The predicted molar refractivity (Wildman–Crippen MR) is 133 cm³/mol. The van der Waals surface area contributed by atoms with Crippen LogP contribution in [0.3, 0.4) is 0 Å². The average molecular weight is 477 g/mol. The molecular formula is C27H29FN4O3. The zero-order valence-corrected chi connectivity index (χ0v) is 20.2. The molecule has 1 aliphatic heterocycles. The molecule has 2 unspecified atom stereocenters. The van der Waals surface area contributed by atoms with E-state index in [0.717, 1.165) is 33.8 Å². The minimum atomic E-state index is -0.473. The molecule has 4 N–H and O–H groups in total. The summed E-state index contributed by atoms with van der Waals surface area (Å²) in [6, 6.07) is 10.8. The van der Waals surface area contributed by atoms with Crippen LogP contribution in [-0.2, 0) is 16.0 Å². The number of aromatic amines is 1. The van der Waals surface area contributed by atoms with E-state index in [1.807, 2.05) is 20.8 Å². The molecule has 4 rings (SSSR count). The fourth-order valence-corrected chi connectivity index (χ4v) is 4.42. The van der Waals surface area contributed by atoms with Crippen molar-refractivity contribution in [2.75, 3.05) is 10.6 Å². The fourth-order valence-electron chi connectivity index (χ4n) is 4.42. The van der Waals surface area contributed by atoms with Gasteiger partial charge in [0.2, 0.25) is 11.8 Å². The van der Waals surface area contributed by atoms with Crippen molar-refractivity contribution < 1.29 is 18.8 Å². The number of carbonyl (C=O) groups excluding carboxylic acids is 3. The Morgan fingerprint density at radius 3 is 2.51 bits per heavy atom. The van der Waals surface area contributed by atoms with E-state index in [4.69, 9.17) is 0 Å². The fraction of sp³-hybridized carbons (Fsp3) is 0.296. The first-order chi connectivity index (χ1) is 16.7. The van der Waals surface area contributed by atoms with Crippen LogP contribution in [0.2, 0.25) is 0 Å². The van der Waals surface area contributed by atoms with Gasteiger partial charge in [0.25, 0.3) is 5.91 Å². The van der Waals surface area contributed by atoms with Gasteiger partial charge in [-0.25, -0.2) is 4.39 Å². The number of anilines is 2. The molecule has 0 aliphatic carbocycles. The first-order valence-electron chi connectivity index (χ1n) is 11.7. The summed E-state index contributed by atoms with van der Waals surface area (Å²) < 4.78 is 13.2. The van der Waals surface area contributed by atoms with Crippen LogP contribution in [0.4, 0.5) is 15.8 Å². The summed E-state index contributed by atoms with van der Waals surface area (Å²) in [7, 11) is 0. The summed E-state index contributed by atoms with van der Waals surface area (Å²) in [5, 5.41) is 8.75. The van der Waals surface area contributed by atoms with E-state index >= 15 is 0 Å². The number of halogens is 1. The summed E-state index contributed by atoms with van der Waals surface area (Å²) in [5.41, 5.74) is 6.00. The van der Waals surface area contributed by atoms with Crippen LogP contribution in [0.1, 0.15) is 70.7 Å². The highest BCUT2D eigenvalue weighted by atomic mass is 19.1. The number of hydrogen-bond acceptors (Lipinski definition) is 3. The molecule has 35 heavy (non-hydrogen) atoms. The summed E-state index contributed by atoms with van der Waals surface area (Å²) in [5.74, 6) is -1.29. The number of fused-ring (bicyclic) bond motifs is 1.